The highest BCUT2D eigenvalue weighted by Crippen LogP contribution is 2.32. The number of aliphatic hydroxyl groups excluding tert-OH is 1. The molecule has 0 aliphatic heterocycles. The van der Waals surface area contributed by atoms with Crippen molar-refractivity contribution in [2.45, 2.75) is 26.7 Å². The van der Waals surface area contributed by atoms with Gasteiger partial charge in [0.25, 0.3) is 5.91 Å². The Bertz CT molecular complexity index is 2260. The molecule has 7 nitrogen and oxygen atoms in total. The molecule has 6 aromatic carbocycles. The highest BCUT2D eigenvalue weighted by Gasteiger charge is 2.23. The molecule has 0 saturated heterocycles. The number of rotatable bonds is 13. The van der Waals surface area contributed by atoms with E-state index < -0.39 is 6.79 Å². The number of benzene rings is 6. The summed E-state index contributed by atoms with van der Waals surface area (Å²) in [6.07, 6.45) is 0. The zero-order chi connectivity index (χ0) is 35.7. The average Bonchev–Trinajstić information content (AvgIpc) is 3.19. The summed E-state index contributed by atoms with van der Waals surface area (Å²) in [6, 6.07) is 50.6. The molecule has 1 N–H and O–H groups in total. The van der Waals surface area contributed by atoms with Crippen LogP contribution in [0.4, 0.5) is 5.69 Å². The van der Waals surface area contributed by atoms with Crippen LogP contribution >= 0.6 is 0 Å². The fourth-order valence-electron chi connectivity index (χ4n) is 6.05. The molecule has 52 heavy (non-hydrogen) atoms. The van der Waals surface area contributed by atoms with Gasteiger partial charge in [-0.25, -0.2) is 4.98 Å². The van der Waals surface area contributed by atoms with Crippen LogP contribution in [0, 0.1) is 6.92 Å². The van der Waals surface area contributed by atoms with E-state index in [1.807, 2.05) is 121 Å². The Hall–Kier alpha value is -6.44. The minimum atomic E-state index is -0.418. The van der Waals surface area contributed by atoms with Gasteiger partial charge in [-0.2, -0.15) is 0 Å². The van der Waals surface area contributed by atoms with E-state index in [4.69, 9.17) is 19.2 Å². The largest absolute Gasteiger partial charge is 0.489 e. The molecular formula is C45H38N2O5. The molecule has 0 atom stereocenters. The maximum atomic E-state index is 14.7. The normalized spacial score (nSPS) is 10.9. The summed E-state index contributed by atoms with van der Waals surface area (Å²) in [5.41, 5.74) is 7.85. The molecule has 0 saturated carbocycles. The minimum absolute atomic E-state index is 0.235. The lowest BCUT2D eigenvalue weighted by molar-refractivity contribution is 0.0979. The van der Waals surface area contributed by atoms with Gasteiger partial charge >= 0.3 is 0 Å². The van der Waals surface area contributed by atoms with E-state index in [1.165, 1.54) is 0 Å². The number of hydrogen-bond acceptors (Lipinski definition) is 6. The number of fused-ring (bicyclic) bond motifs is 1. The maximum Gasteiger partial charge on any atom is 0.262 e. The first kappa shape index (κ1) is 34.0. The van der Waals surface area contributed by atoms with Crippen LogP contribution in [0.5, 0.6) is 17.2 Å². The van der Waals surface area contributed by atoms with E-state index in [1.54, 1.807) is 29.2 Å². The second-order valence-electron chi connectivity index (χ2n) is 12.4. The van der Waals surface area contributed by atoms with Crippen LogP contribution in [0.1, 0.15) is 32.6 Å². The van der Waals surface area contributed by atoms with E-state index >= 15 is 0 Å². The third kappa shape index (κ3) is 8.12. The van der Waals surface area contributed by atoms with Gasteiger partial charge in [0, 0.05) is 22.7 Å². The number of pyridine rings is 1. The van der Waals surface area contributed by atoms with Crippen LogP contribution in [0.15, 0.2) is 158 Å². The van der Waals surface area contributed by atoms with Gasteiger partial charge in [0.2, 0.25) is 0 Å². The van der Waals surface area contributed by atoms with Crippen molar-refractivity contribution in [1.82, 2.24) is 4.98 Å². The van der Waals surface area contributed by atoms with Crippen molar-refractivity contribution in [3.8, 4) is 28.5 Å². The first-order valence-electron chi connectivity index (χ1n) is 17.1. The van der Waals surface area contributed by atoms with Gasteiger partial charge in [0.1, 0.15) is 30.5 Å². The number of para-hydroxylation sites is 1. The summed E-state index contributed by atoms with van der Waals surface area (Å²) < 4.78 is 17.7. The minimum Gasteiger partial charge on any atom is -0.489 e. The van der Waals surface area contributed by atoms with Gasteiger partial charge in [-0.3, -0.25) is 4.79 Å². The number of carbonyl (C=O) groups is 1. The summed E-state index contributed by atoms with van der Waals surface area (Å²) in [4.78, 5) is 21.4. The van der Waals surface area contributed by atoms with E-state index in [9.17, 15) is 9.90 Å². The standard InChI is InChI=1S/C45H38N2O5/c1-32-26-37-14-8-9-15-42(37)46-44(32)36-18-20-38(21-19-36)47(28-33-16-22-39(23-17-33)52-31-48)45(49)41-25-24-40(50-29-34-10-4-2-5-11-34)27-43(41)51-30-35-12-6-3-7-13-35/h2-27,48H,28-31H2,1H3. The smallest absolute Gasteiger partial charge is 0.262 e. The zero-order valence-corrected chi connectivity index (χ0v) is 28.8. The van der Waals surface area contributed by atoms with Crippen molar-refractivity contribution in [1.29, 1.82) is 0 Å². The lowest BCUT2D eigenvalue weighted by atomic mass is 10.0. The van der Waals surface area contributed by atoms with Crippen LogP contribution in [0.3, 0.4) is 0 Å². The molecule has 1 amide bonds. The van der Waals surface area contributed by atoms with Gasteiger partial charge in [0.15, 0.2) is 6.79 Å². The molecule has 0 aliphatic rings. The van der Waals surface area contributed by atoms with Gasteiger partial charge in [0.05, 0.1) is 23.3 Å². The van der Waals surface area contributed by atoms with Gasteiger partial charge in [-0.1, -0.05) is 103 Å². The lowest BCUT2D eigenvalue weighted by Gasteiger charge is -2.25. The Kier molecular flexibility index (Phi) is 10.5. The highest BCUT2D eigenvalue weighted by atomic mass is 16.6. The number of amides is 1. The van der Waals surface area contributed by atoms with E-state index in [0.717, 1.165) is 44.4 Å². The molecule has 258 valence electrons. The number of aryl methyl sites for hydroxylation is 1. The summed E-state index contributed by atoms with van der Waals surface area (Å²) in [6.45, 7) is 2.58. The molecule has 0 radical (unpaired) electrons. The zero-order valence-electron chi connectivity index (χ0n) is 28.8. The number of hydrogen-bond donors (Lipinski definition) is 1. The van der Waals surface area contributed by atoms with Crippen LogP contribution in [-0.4, -0.2) is 22.8 Å². The number of carbonyl (C=O) groups excluding carboxylic acids is 1. The number of aromatic nitrogens is 1. The van der Waals surface area contributed by atoms with Gasteiger partial charge in [-0.05, 0) is 77.7 Å². The van der Waals surface area contributed by atoms with Gasteiger partial charge in [-0.15, -0.1) is 0 Å². The number of nitrogens with zero attached hydrogens (tertiary/aromatic N) is 2. The molecule has 7 aromatic rings. The summed E-state index contributed by atoms with van der Waals surface area (Å²) in [5, 5.41) is 10.3. The van der Waals surface area contributed by atoms with Crippen LogP contribution in [0.2, 0.25) is 0 Å². The lowest BCUT2D eigenvalue weighted by Crippen LogP contribution is -2.30. The Morgan fingerprint density at radius 3 is 1.96 bits per heavy atom. The second kappa shape index (κ2) is 16.1. The highest BCUT2D eigenvalue weighted by molar-refractivity contribution is 6.08. The van der Waals surface area contributed by atoms with E-state index in [0.29, 0.717) is 35.1 Å². The van der Waals surface area contributed by atoms with Crippen molar-refractivity contribution in [3.05, 3.63) is 186 Å². The Balaban J connectivity index is 1.23. The molecule has 7 rings (SSSR count). The molecule has 7 heteroatoms. The van der Waals surface area contributed by atoms with Crippen LogP contribution in [0.25, 0.3) is 22.2 Å². The third-order valence-corrected chi connectivity index (χ3v) is 8.78. The van der Waals surface area contributed by atoms with Gasteiger partial charge < -0.3 is 24.2 Å². The van der Waals surface area contributed by atoms with Crippen molar-refractivity contribution < 1.29 is 24.1 Å². The van der Waals surface area contributed by atoms with Crippen molar-refractivity contribution >= 4 is 22.5 Å². The van der Waals surface area contributed by atoms with Crippen LogP contribution in [-0.2, 0) is 19.8 Å². The predicted molar refractivity (Wildman–Crippen MR) is 205 cm³/mol. The second-order valence-corrected chi connectivity index (χ2v) is 12.4. The molecule has 1 aromatic heterocycles. The molecule has 0 fully saturated rings. The Morgan fingerprint density at radius 1 is 0.635 bits per heavy atom. The summed E-state index contributed by atoms with van der Waals surface area (Å²) in [7, 11) is 0. The Morgan fingerprint density at radius 2 is 1.27 bits per heavy atom. The number of aliphatic hydroxyl groups is 1. The fourth-order valence-corrected chi connectivity index (χ4v) is 6.05. The summed E-state index contributed by atoms with van der Waals surface area (Å²) >= 11 is 0. The van der Waals surface area contributed by atoms with Crippen molar-refractivity contribution in [2.75, 3.05) is 11.7 Å². The third-order valence-electron chi connectivity index (χ3n) is 8.78. The molecule has 0 aliphatic carbocycles. The Labute approximate surface area is 303 Å². The molecular weight excluding hydrogens is 649 g/mol. The van der Waals surface area contributed by atoms with E-state index in [2.05, 4.69) is 19.1 Å². The number of ether oxygens (including phenoxy) is 3. The first-order chi connectivity index (χ1) is 25.5. The van der Waals surface area contributed by atoms with Crippen molar-refractivity contribution in [3.63, 3.8) is 0 Å². The quantitative estimate of drug-likeness (QED) is 0.122. The van der Waals surface area contributed by atoms with Crippen molar-refractivity contribution in [2.24, 2.45) is 0 Å². The predicted octanol–water partition coefficient (Wildman–Crippen LogP) is 9.54. The van der Waals surface area contributed by atoms with E-state index in [-0.39, 0.29) is 19.1 Å². The molecule has 0 spiro atoms. The summed E-state index contributed by atoms with van der Waals surface area (Å²) in [5.74, 6) is 1.32. The monoisotopic (exact) mass is 686 g/mol. The average molecular weight is 687 g/mol. The van der Waals surface area contributed by atoms with Crippen LogP contribution < -0.4 is 19.1 Å². The topological polar surface area (TPSA) is 81.1 Å². The number of anilines is 1. The SMILES string of the molecule is Cc1cc2ccccc2nc1-c1ccc(N(Cc2ccc(OCO)cc2)C(=O)c2ccc(OCc3ccccc3)cc2OCc2ccccc2)cc1. The molecule has 0 bridgehead atoms. The molecule has 1 heterocycles. The molecule has 0 unspecified atom stereocenters. The first-order valence-corrected chi connectivity index (χ1v) is 17.1. The maximum absolute atomic E-state index is 14.7. The fraction of sp³-hybridized carbons (Fsp3) is 0.111.